The summed E-state index contributed by atoms with van der Waals surface area (Å²) in [5.74, 6) is 0.519. The Morgan fingerprint density at radius 2 is 2.19 bits per heavy atom. The number of hydrogen-bond donors (Lipinski definition) is 1. The summed E-state index contributed by atoms with van der Waals surface area (Å²) in [4.78, 5) is 16.0. The van der Waals surface area contributed by atoms with E-state index in [4.69, 9.17) is 10.5 Å². The van der Waals surface area contributed by atoms with Crippen molar-refractivity contribution in [2.45, 2.75) is 13.0 Å². The summed E-state index contributed by atoms with van der Waals surface area (Å²) in [5, 5.41) is 0. The predicted octanol–water partition coefficient (Wildman–Crippen LogP) is 1.54. The second-order valence-electron chi connectivity index (χ2n) is 5.66. The van der Waals surface area contributed by atoms with Crippen molar-refractivity contribution in [3.8, 4) is 0 Å². The molecule has 0 bridgehead atoms. The van der Waals surface area contributed by atoms with Crippen molar-refractivity contribution in [1.29, 1.82) is 0 Å². The lowest BCUT2D eigenvalue weighted by Gasteiger charge is -2.21. The Bertz CT molecular complexity index is 438. The minimum absolute atomic E-state index is 0.254. The highest BCUT2D eigenvalue weighted by atomic mass is 16.6. The van der Waals surface area contributed by atoms with E-state index in [-0.39, 0.29) is 6.09 Å². The van der Waals surface area contributed by atoms with E-state index in [0.717, 1.165) is 38.2 Å². The van der Waals surface area contributed by atoms with Crippen LogP contribution >= 0.6 is 0 Å². The fourth-order valence-electron chi connectivity index (χ4n) is 2.74. The van der Waals surface area contributed by atoms with Crippen molar-refractivity contribution < 1.29 is 9.53 Å². The van der Waals surface area contributed by atoms with Gasteiger partial charge in [-0.15, -0.1) is 0 Å². The first-order valence-electron chi connectivity index (χ1n) is 7.53. The van der Waals surface area contributed by atoms with Crippen molar-refractivity contribution in [2.75, 3.05) is 39.8 Å². The first-order chi connectivity index (χ1) is 10.2. The predicted molar refractivity (Wildman–Crippen MR) is 82.9 cm³/mol. The molecular formula is C16H25N3O2. The molecule has 1 fully saturated rings. The largest absolute Gasteiger partial charge is 0.445 e. The molecule has 2 rings (SSSR count). The molecule has 1 amide bonds. The van der Waals surface area contributed by atoms with Crippen LogP contribution in [0.25, 0.3) is 0 Å². The highest BCUT2D eigenvalue weighted by molar-refractivity contribution is 5.67. The zero-order chi connectivity index (χ0) is 15.1. The number of rotatable bonds is 6. The summed E-state index contributed by atoms with van der Waals surface area (Å²) < 4.78 is 5.33. The molecule has 0 saturated carbocycles. The maximum absolute atomic E-state index is 12.0. The van der Waals surface area contributed by atoms with Crippen LogP contribution < -0.4 is 5.73 Å². The molecule has 1 aliphatic rings. The van der Waals surface area contributed by atoms with E-state index in [2.05, 4.69) is 4.90 Å². The van der Waals surface area contributed by atoms with Gasteiger partial charge in [-0.25, -0.2) is 4.79 Å². The van der Waals surface area contributed by atoms with Gasteiger partial charge >= 0.3 is 6.09 Å². The van der Waals surface area contributed by atoms with Gasteiger partial charge in [0.2, 0.25) is 0 Å². The fraction of sp³-hybridized carbons (Fsp3) is 0.562. The SMILES string of the molecule is CN(C[C@H]1CCN(CCN)C1)C(=O)OCc1ccccc1. The quantitative estimate of drug-likeness (QED) is 0.863. The number of hydrogen-bond acceptors (Lipinski definition) is 4. The number of benzene rings is 1. The van der Waals surface area contributed by atoms with Crippen LogP contribution in [0.4, 0.5) is 4.79 Å². The minimum Gasteiger partial charge on any atom is -0.445 e. The Morgan fingerprint density at radius 3 is 2.90 bits per heavy atom. The average Bonchev–Trinajstić information content (AvgIpc) is 2.93. The molecule has 0 radical (unpaired) electrons. The zero-order valence-electron chi connectivity index (χ0n) is 12.7. The highest BCUT2D eigenvalue weighted by Gasteiger charge is 2.24. The lowest BCUT2D eigenvalue weighted by molar-refractivity contribution is 0.0997. The molecule has 5 heteroatoms. The summed E-state index contributed by atoms with van der Waals surface area (Å²) in [6.07, 6.45) is 0.868. The number of nitrogens with two attached hydrogens (primary N) is 1. The first-order valence-corrected chi connectivity index (χ1v) is 7.53. The van der Waals surface area contributed by atoms with Crippen LogP contribution in [0.2, 0.25) is 0 Å². The lowest BCUT2D eigenvalue weighted by atomic mass is 10.1. The molecule has 2 N–H and O–H groups in total. The smallest absolute Gasteiger partial charge is 0.409 e. The van der Waals surface area contributed by atoms with Crippen molar-refractivity contribution >= 4 is 6.09 Å². The fourth-order valence-corrected chi connectivity index (χ4v) is 2.74. The Morgan fingerprint density at radius 1 is 1.43 bits per heavy atom. The summed E-state index contributed by atoms with van der Waals surface area (Å²) in [6, 6.07) is 9.74. The van der Waals surface area contributed by atoms with Gasteiger partial charge in [0, 0.05) is 33.2 Å². The monoisotopic (exact) mass is 291 g/mol. The molecule has 1 heterocycles. The van der Waals surface area contributed by atoms with Crippen molar-refractivity contribution in [1.82, 2.24) is 9.80 Å². The third-order valence-corrected chi connectivity index (χ3v) is 3.86. The normalized spacial score (nSPS) is 18.7. The van der Waals surface area contributed by atoms with Crippen LogP contribution in [-0.4, -0.2) is 55.7 Å². The van der Waals surface area contributed by atoms with E-state index in [1.807, 2.05) is 30.3 Å². The van der Waals surface area contributed by atoms with Crippen LogP contribution in [0.15, 0.2) is 30.3 Å². The van der Waals surface area contributed by atoms with Gasteiger partial charge in [0.05, 0.1) is 0 Å². The summed E-state index contributed by atoms with van der Waals surface area (Å²) in [6.45, 7) is 4.81. The molecule has 0 aliphatic carbocycles. The Kier molecular flexibility index (Phi) is 6.02. The van der Waals surface area contributed by atoms with E-state index in [1.54, 1.807) is 11.9 Å². The number of ether oxygens (including phenoxy) is 1. The Balaban J connectivity index is 1.70. The van der Waals surface area contributed by atoms with E-state index >= 15 is 0 Å². The van der Waals surface area contributed by atoms with Gasteiger partial charge in [-0.05, 0) is 24.4 Å². The van der Waals surface area contributed by atoms with Crippen molar-refractivity contribution in [3.63, 3.8) is 0 Å². The van der Waals surface area contributed by atoms with Gasteiger partial charge in [-0.3, -0.25) is 0 Å². The van der Waals surface area contributed by atoms with E-state index in [1.165, 1.54) is 0 Å². The second kappa shape index (κ2) is 8.00. The topological polar surface area (TPSA) is 58.8 Å². The number of nitrogens with zero attached hydrogens (tertiary/aromatic N) is 2. The molecule has 0 unspecified atom stereocenters. The molecule has 1 aromatic carbocycles. The van der Waals surface area contributed by atoms with Gasteiger partial charge < -0.3 is 20.3 Å². The molecule has 1 atom stereocenters. The van der Waals surface area contributed by atoms with Crippen LogP contribution in [0, 0.1) is 5.92 Å². The van der Waals surface area contributed by atoms with E-state index < -0.39 is 0 Å². The molecule has 21 heavy (non-hydrogen) atoms. The van der Waals surface area contributed by atoms with Gasteiger partial charge in [0.15, 0.2) is 0 Å². The molecule has 1 aromatic rings. The van der Waals surface area contributed by atoms with Crippen LogP contribution in [0.1, 0.15) is 12.0 Å². The van der Waals surface area contributed by atoms with Crippen LogP contribution in [0.5, 0.6) is 0 Å². The Labute approximate surface area is 126 Å². The standard InChI is InChI=1S/C16H25N3O2/c1-18(11-15-7-9-19(12-15)10-8-17)16(20)21-13-14-5-3-2-4-6-14/h2-6,15H,7-13,17H2,1H3/t15-/m1/s1. The van der Waals surface area contributed by atoms with Crippen LogP contribution in [0.3, 0.4) is 0 Å². The van der Waals surface area contributed by atoms with Crippen LogP contribution in [-0.2, 0) is 11.3 Å². The second-order valence-corrected chi connectivity index (χ2v) is 5.66. The summed E-state index contributed by atoms with van der Waals surface area (Å²) in [7, 11) is 1.80. The maximum Gasteiger partial charge on any atom is 0.409 e. The third-order valence-electron chi connectivity index (χ3n) is 3.86. The minimum atomic E-state index is -0.254. The zero-order valence-corrected chi connectivity index (χ0v) is 12.7. The molecule has 5 nitrogen and oxygen atoms in total. The van der Waals surface area contributed by atoms with E-state index in [9.17, 15) is 4.79 Å². The number of carbonyl (C=O) groups excluding carboxylic acids is 1. The van der Waals surface area contributed by atoms with Crippen molar-refractivity contribution in [2.24, 2.45) is 11.7 Å². The van der Waals surface area contributed by atoms with Gasteiger partial charge in [-0.1, -0.05) is 30.3 Å². The number of amides is 1. The Hall–Kier alpha value is -1.59. The summed E-state index contributed by atoms with van der Waals surface area (Å²) in [5.41, 5.74) is 6.58. The highest BCUT2D eigenvalue weighted by Crippen LogP contribution is 2.17. The van der Waals surface area contributed by atoms with Gasteiger partial charge in [-0.2, -0.15) is 0 Å². The number of likely N-dealkylation sites (tertiary alicyclic amines) is 1. The van der Waals surface area contributed by atoms with Crippen molar-refractivity contribution in [3.05, 3.63) is 35.9 Å². The van der Waals surface area contributed by atoms with Gasteiger partial charge in [0.1, 0.15) is 6.61 Å². The first kappa shape index (κ1) is 15.8. The molecule has 1 saturated heterocycles. The lowest BCUT2D eigenvalue weighted by Crippen LogP contribution is -2.34. The molecule has 116 valence electrons. The molecule has 0 aromatic heterocycles. The molecule has 0 spiro atoms. The molecular weight excluding hydrogens is 266 g/mol. The number of carbonyl (C=O) groups is 1. The van der Waals surface area contributed by atoms with E-state index in [0.29, 0.717) is 19.1 Å². The molecule has 1 aliphatic heterocycles. The third kappa shape index (κ3) is 5.02. The maximum atomic E-state index is 12.0. The summed E-state index contributed by atoms with van der Waals surface area (Å²) >= 11 is 0. The average molecular weight is 291 g/mol. The van der Waals surface area contributed by atoms with Gasteiger partial charge in [0.25, 0.3) is 0 Å².